The Hall–Kier alpha value is -2.69. The molecule has 0 aliphatic heterocycles. The third kappa shape index (κ3) is 2.51. The van der Waals surface area contributed by atoms with Gasteiger partial charge in [-0.1, -0.05) is 6.07 Å². The summed E-state index contributed by atoms with van der Waals surface area (Å²) in [5, 5.41) is 2.76. The molecule has 2 heterocycles. The Labute approximate surface area is 114 Å². The van der Waals surface area contributed by atoms with Gasteiger partial charge in [0.25, 0.3) is 5.91 Å². The molecule has 0 aliphatic rings. The van der Waals surface area contributed by atoms with Crippen molar-refractivity contribution >= 4 is 11.6 Å². The molecular weight excluding hydrogens is 257 g/mol. The molecule has 3 aromatic rings. The molecule has 0 spiro atoms. The van der Waals surface area contributed by atoms with E-state index >= 15 is 0 Å². The predicted octanol–water partition coefficient (Wildman–Crippen LogP) is 2.40. The molecule has 0 fully saturated rings. The molecule has 2 aromatic heterocycles. The summed E-state index contributed by atoms with van der Waals surface area (Å²) in [5.74, 6) is -0.718. The highest BCUT2D eigenvalue weighted by molar-refractivity contribution is 5.94. The summed E-state index contributed by atoms with van der Waals surface area (Å²) in [6, 6.07) is 9.42. The van der Waals surface area contributed by atoms with Crippen molar-refractivity contribution in [2.45, 2.75) is 6.54 Å². The second-order valence-electron chi connectivity index (χ2n) is 4.42. The van der Waals surface area contributed by atoms with Gasteiger partial charge in [-0.3, -0.25) is 4.79 Å². The van der Waals surface area contributed by atoms with Crippen LogP contribution in [0.2, 0.25) is 0 Å². The number of benzene rings is 1. The zero-order valence-corrected chi connectivity index (χ0v) is 10.6. The summed E-state index contributed by atoms with van der Waals surface area (Å²) < 4.78 is 14.9. The minimum absolute atomic E-state index is 0.298. The first kappa shape index (κ1) is 12.3. The van der Waals surface area contributed by atoms with Gasteiger partial charge in [-0.15, -0.1) is 0 Å². The fraction of sp³-hybridized carbons (Fsp3) is 0.0667. The number of pyridine rings is 1. The predicted molar refractivity (Wildman–Crippen MR) is 72.8 cm³/mol. The molecular formula is C15H12FN3O. The maximum atomic E-state index is 13.0. The maximum Gasteiger partial charge on any atom is 0.251 e. The van der Waals surface area contributed by atoms with Gasteiger partial charge in [0.05, 0.1) is 0 Å². The Kier molecular flexibility index (Phi) is 3.16. The number of nitrogens with one attached hydrogen (secondary N) is 1. The summed E-state index contributed by atoms with van der Waals surface area (Å²) in [4.78, 5) is 16.1. The number of amides is 1. The lowest BCUT2D eigenvalue weighted by atomic mass is 10.2. The van der Waals surface area contributed by atoms with Gasteiger partial charge in [0.15, 0.2) is 0 Å². The lowest BCUT2D eigenvalue weighted by Crippen LogP contribution is -2.22. The first-order valence-corrected chi connectivity index (χ1v) is 6.18. The Morgan fingerprint density at radius 2 is 2.15 bits per heavy atom. The van der Waals surface area contributed by atoms with E-state index in [0.717, 1.165) is 11.2 Å². The molecule has 5 heteroatoms. The largest absolute Gasteiger partial charge is 0.348 e. The van der Waals surface area contributed by atoms with E-state index in [4.69, 9.17) is 0 Å². The average Bonchev–Trinajstić information content (AvgIpc) is 2.92. The number of aromatic nitrogens is 2. The molecule has 0 aliphatic carbocycles. The molecule has 0 radical (unpaired) electrons. The van der Waals surface area contributed by atoms with Crippen LogP contribution in [0, 0.1) is 5.82 Å². The van der Waals surface area contributed by atoms with Crippen LogP contribution in [0.5, 0.6) is 0 Å². The van der Waals surface area contributed by atoms with Crippen LogP contribution >= 0.6 is 0 Å². The van der Waals surface area contributed by atoms with E-state index in [9.17, 15) is 9.18 Å². The minimum atomic E-state index is -0.420. The Morgan fingerprint density at radius 3 is 3.00 bits per heavy atom. The first-order chi connectivity index (χ1) is 9.72. The molecule has 100 valence electrons. The maximum absolute atomic E-state index is 13.0. The van der Waals surface area contributed by atoms with Gasteiger partial charge < -0.3 is 9.72 Å². The Morgan fingerprint density at radius 1 is 1.25 bits per heavy atom. The van der Waals surface area contributed by atoms with Crippen molar-refractivity contribution in [2.24, 2.45) is 0 Å². The highest BCUT2D eigenvalue weighted by atomic mass is 19.1. The van der Waals surface area contributed by atoms with Crippen LogP contribution in [0.4, 0.5) is 4.39 Å². The van der Waals surface area contributed by atoms with Crippen LogP contribution in [-0.4, -0.2) is 15.3 Å². The quantitative estimate of drug-likeness (QED) is 0.793. The van der Waals surface area contributed by atoms with E-state index < -0.39 is 5.82 Å². The van der Waals surface area contributed by atoms with Crippen LogP contribution in [0.25, 0.3) is 5.65 Å². The van der Waals surface area contributed by atoms with Gasteiger partial charge in [0.2, 0.25) is 0 Å². The van der Waals surface area contributed by atoms with Crippen LogP contribution in [-0.2, 0) is 6.54 Å². The van der Waals surface area contributed by atoms with Crippen LogP contribution in [0.15, 0.2) is 55.0 Å². The molecule has 0 atom stereocenters. The van der Waals surface area contributed by atoms with Crippen LogP contribution < -0.4 is 5.32 Å². The van der Waals surface area contributed by atoms with Crippen molar-refractivity contribution in [3.63, 3.8) is 0 Å². The Balaban J connectivity index is 1.71. The number of imidazole rings is 1. The molecule has 0 saturated heterocycles. The molecule has 1 amide bonds. The number of halogens is 1. The number of hydrogen-bond donors (Lipinski definition) is 1. The summed E-state index contributed by atoms with van der Waals surface area (Å²) >= 11 is 0. The highest BCUT2D eigenvalue weighted by Crippen LogP contribution is 2.07. The fourth-order valence-electron chi connectivity index (χ4n) is 1.98. The zero-order chi connectivity index (χ0) is 13.9. The molecule has 0 unspecified atom stereocenters. The number of nitrogens with zero attached hydrogens (tertiary/aromatic N) is 2. The number of fused-ring (bicyclic) bond motifs is 1. The molecule has 1 N–H and O–H groups in total. The van der Waals surface area contributed by atoms with Crippen molar-refractivity contribution < 1.29 is 9.18 Å². The van der Waals surface area contributed by atoms with Crippen molar-refractivity contribution in [1.29, 1.82) is 0 Å². The van der Waals surface area contributed by atoms with Gasteiger partial charge in [-0.2, -0.15) is 0 Å². The van der Waals surface area contributed by atoms with Crippen molar-refractivity contribution in [2.75, 3.05) is 0 Å². The Bertz CT molecular complexity index is 766. The van der Waals surface area contributed by atoms with Crippen LogP contribution in [0.1, 0.15) is 15.9 Å². The number of rotatable bonds is 3. The monoisotopic (exact) mass is 269 g/mol. The van der Waals surface area contributed by atoms with E-state index in [1.807, 2.05) is 28.9 Å². The molecule has 3 rings (SSSR count). The molecule has 20 heavy (non-hydrogen) atoms. The van der Waals surface area contributed by atoms with Gasteiger partial charge in [-0.25, -0.2) is 9.37 Å². The lowest BCUT2D eigenvalue weighted by molar-refractivity contribution is 0.0950. The second-order valence-corrected chi connectivity index (χ2v) is 4.42. The number of hydrogen-bond acceptors (Lipinski definition) is 2. The zero-order valence-electron chi connectivity index (χ0n) is 10.6. The standard InChI is InChI=1S/C15H12FN3O/c16-13-3-1-2-12(9-13)15(20)18-10-11-4-6-19-7-5-17-14(19)8-11/h1-9H,10H2,(H,18,20). The number of carbonyl (C=O) groups is 1. The summed E-state index contributed by atoms with van der Waals surface area (Å²) in [6.45, 7) is 0.374. The lowest BCUT2D eigenvalue weighted by Gasteiger charge is -2.06. The summed E-state index contributed by atoms with van der Waals surface area (Å²) in [6.07, 6.45) is 5.45. The summed E-state index contributed by atoms with van der Waals surface area (Å²) in [5.41, 5.74) is 2.07. The third-order valence-corrected chi connectivity index (χ3v) is 3.00. The van der Waals surface area contributed by atoms with E-state index in [1.54, 1.807) is 12.3 Å². The van der Waals surface area contributed by atoms with Gasteiger partial charge in [-0.05, 0) is 35.9 Å². The second kappa shape index (κ2) is 5.13. The molecule has 4 nitrogen and oxygen atoms in total. The van der Waals surface area contributed by atoms with Gasteiger partial charge >= 0.3 is 0 Å². The third-order valence-electron chi connectivity index (χ3n) is 3.00. The topological polar surface area (TPSA) is 46.4 Å². The SMILES string of the molecule is O=C(NCc1ccn2ccnc2c1)c1cccc(F)c1. The van der Waals surface area contributed by atoms with Crippen LogP contribution in [0.3, 0.4) is 0 Å². The molecule has 0 bridgehead atoms. The molecule has 0 saturated carbocycles. The van der Waals surface area contributed by atoms with E-state index in [0.29, 0.717) is 12.1 Å². The number of carbonyl (C=O) groups excluding carboxylic acids is 1. The van der Waals surface area contributed by atoms with E-state index in [2.05, 4.69) is 10.3 Å². The summed E-state index contributed by atoms with van der Waals surface area (Å²) in [7, 11) is 0. The van der Waals surface area contributed by atoms with Gasteiger partial charge in [0, 0.05) is 30.7 Å². The first-order valence-electron chi connectivity index (χ1n) is 6.18. The smallest absolute Gasteiger partial charge is 0.251 e. The highest BCUT2D eigenvalue weighted by Gasteiger charge is 2.06. The average molecular weight is 269 g/mol. The minimum Gasteiger partial charge on any atom is -0.348 e. The van der Waals surface area contributed by atoms with Crippen molar-refractivity contribution in [1.82, 2.24) is 14.7 Å². The molecule has 1 aromatic carbocycles. The van der Waals surface area contributed by atoms with E-state index in [-0.39, 0.29) is 5.91 Å². The normalized spacial score (nSPS) is 10.7. The van der Waals surface area contributed by atoms with Gasteiger partial charge in [0.1, 0.15) is 11.5 Å². The van der Waals surface area contributed by atoms with Crippen molar-refractivity contribution in [3.05, 3.63) is 71.9 Å². The van der Waals surface area contributed by atoms with E-state index in [1.165, 1.54) is 18.2 Å². The fourth-order valence-corrected chi connectivity index (χ4v) is 1.98. The van der Waals surface area contributed by atoms with Crippen molar-refractivity contribution in [3.8, 4) is 0 Å².